The van der Waals surface area contributed by atoms with E-state index in [4.69, 9.17) is 25.5 Å². The standard InChI is InChI=1S/C22H17ClN2O4/c1-27-16-8-10-20-18(12-16)25-22(29-20)13-3-6-15(7-4-13)24-21(26)14-5-9-19(28-2)17(23)11-14/h3-12H,1-2H3,(H,24,26). The van der Waals surface area contributed by atoms with Crippen molar-refractivity contribution in [1.82, 2.24) is 4.98 Å². The Hall–Kier alpha value is -3.51. The number of rotatable bonds is 5. The molecule has 4 aromatic rings. The fourth-order valence-corrected chi connectivity index (χ4v) is 3.12. The van der Waals surface area contributed by atoms with E-state index in [2.05, 4.69) is 10.3 Å². The largest absolute Gasteiger partial charge is 0.497 e. The molecule has 146 valence electrons. The van der Waals surface area contributed by atoms with Crippen LogP contribution in [0.4, 0.5) is 5.69 Å². The molecule has 0 aliphatic heterocycles. The maximum absolute atomic E-state index is 12.4. The molecule has 0 spiro atoms. The van der Waals surface area contributed by atoms with Crippen LogP contribution in [-0.2, 0) is 0 Å². The van der Waals surface area contributed by atoms with Crippen molar-refractivity contribution in [3.63, 3.8) is 0 Å². The number of anilines is 1. The van der Waals surface area contributed by atoms with Gasteiger partial charge in [-0.15, -0.1) is 0 Å². The predicted molar refractivity (Wildman–Crippen MR) is 112 cm³/mol. The van der Waals surface area contributed by atoms with Gasteiger partial charge in [0, 0.05) is 22.9 Å². The van der Waals surface area contributed by atoms with Crippen LogP contribution < -0.4 is 14.8 Å². The number of ether oxygens (including phenoxy) is 2. The number of carbonyl (C=O) groups excluding carboxylic acids is 1. The minimum absolute atomic E-state index is 0.267. The van der Waals surface area contributed by atoms with Gasteiger partial charge in [0.15, 0.2) is 5.58 Å². The lowest BCUT2D eigenvalue weighted by Crippen LogP contribution is -2.11. The monoisotopic (exact) mass is 408 g/mol. The van der Waals surface area contributed by atoms with Crippen LogP contribution in [0.25, 0.3) is 22.6 Å². The van der Waals surface area contributed by atoms with Crippen molar-refractivity contribution in [2.24, 2.45) is 0 Å². The Morgan fingerprint density at radius 3 is 2.48 bits per heavy atom. The normalized spacial score (nSPS) is 10.7. The molecule has 0 fully saturated rings. The topological polar surface area (TPSA) is 73.6 Å². The van der Waals surface area contributed by atoms with Gasteiger partial charge >= 0.3 is 0 Å². The third-order valence-corrected chi connectivity index (χ3v) is 4.69. The summed E-state index contributed by atoms with van der Waals surface area (Å²) in [4.78, 5) is 16.9. The van der Waals surface area contributed by atoms with Crippen molar-refractivity contribution in [2.75, 3.05) is 19.5 Å². The van der Waals surface area contributed by atoms with Crippen LogP contribution in [-0.4, -0.2) is 25.1 Å². The predicted octanol–water partition coefficient (Wildman–Crippen LogP) is 5.42. The molecule has 0 saturated heterocycles. The van der Waals surface area contributed by atoms with Crippen molar-refractivity contribution in [3.05, 3.63) is 71.2 Å². The first kappa shape index (κ1) is 18.8. The zero-order chi connectivity index (χ0) is 20.4. The summed E-state index contributed by atoms with van der Waals surface area (Å²) in [5.41, 5.74) is 3.27. The summed E-state index contributed by atoms with van der Waals surface area (Å²) < 4.78 is 16.1. The lowest BCUT2D eigenvalue weighted by atomic mass is 10.1. The molecule has 1 amide bonds. The van der Waals surface area contributed by atoms with Crippen molar-refractivity contribution in [2.45, 2.75) is 0 Å². The number of nitrogens with zero attached hydrogens (tertiary/aromatic N) is 1. The van der Waals surface area contributed by atoms with Gasteiger partial charge in [0.25, 0.3) is 5.91 Å². The Morgan fingerprint density at radius 1 is 1.00 bits per heavy atom. The molecule has 0 saturated carbocycles. The molecule has 1 heterocycles. The summed E-state index contributed by atoms with van der Waals surface area (Å²) in [7, 11) is 3.13. The lowest BCUT2D eigenvalue weighted by molar-refractivity contribution is 0.102. The first-order chi connectivity index (χ1) is 14.1. The first-order valence-corrected chi connectivity index (χ1v) is 9.15. The molecule has 6 nitrogen and oxygen atoms in total. The highest BCUT2D eigenvalue weighted by Crippen LogP contribution is 2.28. The quantitative estimate of drug-likeness (QED) is 0.477. The molecule has 7 heteroatoms. The van der Waals surface area contributed by atoms with Crippen molar-refractivity contribution in [3.8, 4) is 23.0 Å². The van der Waals surface area contributed by atoms with Crippen LogP contribution in [0.5, 0.6) is 11.5 Å². The minimum Gasteiger partial charge on any atom is -0.497 e. The second-order valence-corrected chi connectivity index (χ2v) is 6.64. The number of oxazole rings is 1. The second-order valence-electron chi connectivity index (χ2n) is 6.23. The van der Waals surface area contributed by atoms with Gasteiger partial charge in [-0.3, -0.25) is 4.79 Å². The van der Waals surface area contributed by atoms with Gasteiger partial charge in [0.05, 0.1) is 19.2 Å². The minimum atomic E-state index is -0.267. The number of methoxy groups -OCH3 is 2. The summed E-state index contributed by atoms with van der Waals surface area (Å²) in [5, 5.41) is 3.22. The number of hydrogen-bond acceptors (Lipinski definition) is 5. The van der Waals surface area contributed by atoms with E-state index in [-0.39, 0.29) is 5.91 Å². The summed E-state index contributed by atoms with van der Waals surface area (Å²) in [6, 6.07) is 17.6. The highest BCUT2D eigenvalue weighted by molar-refractivity contribution is 6.32. The van der Waals surface area contributed by atoms with Gasteiger partial charge in [-0.1, -0.05) is 11.6 Å². The van der Waals surface area contributed by atoms with E-state index in [0.29, 0.717) is 44.8 Å². The van der Waals surface area contributed by atoms with Crippen molar-refractivity contribution < 1.29 is 18.7 Å². The van der Waals surface area contributed by atoms with Crippen LogP contribution in [0.1, 0.15) is 10.4 Å². The van der Waals surface area contributed by atoms with Gasteiger partial charge in [-0.2, -0.15) is 0 Å². The molecule has 0 aliphatic rings. The van der Waals surface area contributed by atoms with Gasteiger partial charge in [-0.05, 0) is 54.6 Å². The van der Waals surface area contributed by atoms with E-state index in [1.165, 1.54) is 7.11 Å². The molecule has 0 radical (unpaired) electrons. The summed E-state index contributed by atoms with van der Waals surface area (Å²) in [6.45, 7) is 0. The molecule has 0 unspecified atom stereocenters. The number of hydrogen-bond donors (Lipinski definition) is 1. The van der Waals surface area contributed by atoms with Crippen molar-refractivity contribution >= 4 is 34.3 Å². The molecule has 0 atom stereocenters. The van der Waals surface area contributed by atoms with E-state index in [1.807, 2.05) is 30.3 Å². The average molecular weight is 409 g/mol. The Kier molecular flexibility index (Phi) is 5.10. The Labute approximate surface area is 172 Å². The van der Waals surface area contributed by atoms with Gasteiger partial charge in [0.2, 0.25) is 5.89 Å². The Bertz CT molecular complexity index is 1190. The lowest BCUT2D eigenvalue weighted by Gasteiger charge is -2.08. The number of aromatic nitrogens is 1. The second kappa shape index (κ2) is 7.85. The number of nitrogens with one attached hydrogen (secondary N) is 1. The maximum Gasteiger partial charge on any atom is 0.255 e. The molecule has 4 rings (SSSR count). The third-order valence-electron chi connectivity index (χ3n) is 4.40. The number of halogens is 1. The SMILES string of the molecule is COc1ccc2oc(-c3ccc(NC(=O)c4ccc(OC)c(Cl)c4)cc3)nc2c1. The van der Waals surface area contributed by atoms with Gasteiger partial charge < -0.3 is 19.2 Å². The van der Waals surface area contributed by atoms with E-state index in [1.54, 1.807) is 37.4 Å². The number of benzene rings is 3. The van der Waals surface area contributed by atoms with Crippen LogP contribution >= 0.6 is 11.6 Å². The molecular weight excluding hydrogens is 392 g/mol. The van der Waals surface area contributed by atoms with Gasteiger partial charge in [-0.25, -0.2) is 4.98 Å². The van der Waals surface area contributed by atoms with Crippen LogP contribution in [0, 0.1) is 0 Å². The maximum atomic E-state index is 12.4. The Morgan fingerprint density at radius 2 is 1.79 bits per heavy atom. The molecule has 1 N–H and O–H groups in total. The zero-order valence-corrected chi connectivity index (χ0v) is 16.5. The molecule has 0 aliphatic carbocycles. The third kappa shape index (κ3) is 3.88. The fourth-order valence-electron chi connectivity index (χ4n) is 2.86. The van der Waals surface area contributed by atoms with Crippen molar-refractivity contribution in [1.29, 1.82) is 0 Å². The van der Waals surface area contributed by atoms with E-state index in [9.17, 15) is 4.79 Å². The highest BCUT2D eigenvalue weighted by Gasteiger charge is 2.12. The van der Waals surface area contributed by atoms with Crippen LogP contribution in [0.3, 0.4) is 0 Å². The highest BCUT2D eigenvalue weighted by atomic mass is 35.5. The Balaban J connectivity index is 1.52. The number of fused-ring (bicyclic) bond motifs is 1. The molecular formula is C22H17ClN2O4. The van der Waals surface area contributed by atoms with Crippen LogP contribution in [0.2, 0.25) is 5.02 Å². The van der Waals surface area contributed by atoms with Gasteiger partial charge in [0.1, 0.15) is 17.0 Å². The summed E-state index contributed by atoms with van der Waals surface area (Å²) >= 11 is 6.09. The van der Waals surface area contributed by atoms with E-state index >= 15 is 0 Å². The zero-order valence-electron chi connectivity index (χ0n) is 15.7. The molecule has 29 heavy (non-hydrogen) atoms. The van der Waals surface area contributed by atoms with E-state index in [0.717, 1.165) is 5.56 Å². The molecule has 1 aromatic heterocycles. The molecule has 0 bridgehead atoms. The molecule has 3 aromatic carbocycles. The average Bonchev–Trinajstić information content (AvgIpc) is 3.17. The smallest absolute Gasteiger partial charge is 0.255 e. The summed E-state index contributed by atoms with van der Waals surface area (Å²) in [5.74, 6) is 1.46. The van der Waals surface area contributed by atoms with Crippen LogP contribution in [0.15, 0.2) is 65.1 Å². The summed E-state index contributed by atoms with van der Waals surface area (Å²) in [6.07, 6.45) is 0. The number of amides is 1. The first-order valence-electron chi connectivity index (χ1n) is 8.77. The number of carbonyl (C=O) groups is 1. The van der Waals surface area contributed by atoms with E-state index < -0.39 is 0 Å². The fraction of sp³-hybridized carbons (Fsp3) is 0.0909.